The molecule has 0 N–H and O–H groups in total. The van der Waals surface area contributed by atoms with Gasteiger partial charge < -0.3 is 4.57 Å². The summed E-state index contributed by atoms with van der Waals surface area (Å²) in [5.74, 6) is 0.777. The van der Waals surface area contributed by atoms with Crippen molar-refractivity contribution < 1.29 is 0 Å². The van der Waals surface area contributed by atoms with Crippen LogP contribution in [0.25, 0.3) is 16.3 Å². The van der Waals surface area contributed by atoms with Gasteiger partial charge in [0.2, 0.25) is 0 Å². The molecule has 2 atom stereocenters. The summed E-state index contributed by atoms with van der Waals surface area (Å²) >= 11 is 0. The van der Waals surface area contributed by atoms with Crippen LogP contribution in [0.1, 0.15) is 43.5 Å². The van der Waals surface area contributed by atoms with Gasteiger partial charge in [0.1, 0.15) is 5.49 Å². The third-order valence-corrected chi connectivity index (χ3v) is 7.22. The highest BCUT2D eigenvalue weighted by atomic mass is 15.0. The summed E-state index contributed by atoms with van der Waals surface area (Å²) in [5.41, 5.74) is 10.3. The SMILES string of the molecule is CN=c1c2c(C)c(C)ccc2cc2n1CCC13CC1C(C)=C(C)C=C23. The molecule has 1 saturated carbocycles. The van der Waals surface area contributed by atoms with E-state index in [1.165, 1.54) is 46.0 Å². The lowest BCUT2D eigenvalue weighted by molar-refractivity contribution is 0.450. The lowest BCUT2D eigenvalue weighted by Gasteiger charge is -2.34. The summed E-state index contributed by atoms with van der Waals surface area (Å²) in [4.78, 5) is 4.75. The highest BCUT2D eigenvalue weighted by Crippen LogP contribution is 2.69. The minimum atomic E-state index is 0.419. The van der Waals surface area contributed by atoms with Gasteiger partial charge in [-0.05, 0) is 74.6 Å². The molecule has 3 aliphatic rings. The number of benzene rings is 1. The van der Waals surface area contributed by atoms with E-state index in [1.807, 2.05) is 7.05 Å². The number of pyridine rings is 1. The molecular formula is C23H26N2. The molecule has 0 radical (unpaired) electrons. The molecule has 1 fully saturated rings. The molecule has 128 valence electrons. The van der Waals surface area contributed by atoms with Crippen molar-refractivity contribution in [3.05, 3.63) is 57.7 Å². The maximum Gasteiger partial charge on any atom is 0.136 e. The average Bonchev–Trinajstić information content (AvgIpc) is 3.34. The lowest BCUT2D eigenvalue weighted by Crippen LogP contribution is -2.33. The zero-order chi connectivity index (χ0) is 17.5. The highest BCUT2D eigenvalue weighted by molar-refractivity contribution is 5.90. The molecular weight excluding hydrogens is 304 g/mol. The lowest BCUT2D eigenvalue weighted by atomic mass is 9.77. The first-order valence-electron chi connectivity index (χ1n) is 9.44. The van der Waals surface area contributed by atoms with Gasteiger partial charge >= 0.3 is 0 Å². The van der Waals surface area contributed by atoms with Gasteiger partial charge in [0.25, 0.3) is 0 Å². The fraction of sp³-hybridized carbons (Fsp3) is 0.435. The summed E-state index contributed by atoms with van der Waals surface area (Å²) in [6.45, 7) is 10.1. The van der Waals surface area contributed by atoms with Gasteiger partial charge in [-0.15, -0.1) is 0 Å². The predicted molar refractivity (Wildman–Crippen MR) is 104 cm³/mol. The summed E-state index contributed by atoms with van der Waals surface area (Å²) < 4.78 is 2.48. The molecule has 1 aliphatic heterocycles. The summed E-state index contributed by atoms with van der Waals surface area (Å²) in [6.07, 6.45) is 5.06. The van der Waals surface area contributed by atoms with Crippen molar-refractivity contribution in [1.82, 2.24) is 4.57 Å². The van der Waals surface area contributed by atoms with E-state index < -0.39 is 0 Å². The van der Waals surface area contributed by atoms with Crippen LogP contribution in [0.5, 0.6) is 0 Å². The van der Waals surface area contributed by atoms with E-state index in [1.54, 1.807) is 11.1 Å². The molecule has 1 spiro atoms. The highest BCUT2D eigenvalue weighted by Gasteiger charge is 2.60. The molecule has 0 saturated heterocycles. The standard InChI is InChI=1S/C23H26N2/c1-13-6-7-17-11-20-18-10-14(2)15(3)19-12-23(18,19)8-9-25(20)22(24-5)21(17)16(13)4/h6-7,10-11,19H,8-9,12H2,1-5H3. The predicted octanol–water partition coefficient (Wildman–Crippen LogP) is 4.93. The largest absolute Gasteiger partial charge is 0.326 e. The monoisotopic (exact) mass is 330 g/mol. The van der Waals surface area contributed by atoms with Crippen LogP contribution in [0, 0.1) is 25.2 Å². The maximum atomic E-state index is 4.75. The van der Waals surface area contributed by atoms with E-state index >= 15 is 0 Å². The molecule has 2 aliphatic carbocycles. The second kappa shape index (κ2) is 4.75. The summed E-state index contributed by atoms with van der Waals surface area (Å²) in [5, 5.41) is 2.66. The van der Waals surface area contributed by atoms with Crippen molar-refractivity contribution in [1.29, 1.82) is 0 Å². The van der Waals surface area contributed by atoms with E-state index in [0.29, 0.717) is 5.41 Å². The van der Waals surface area contributed by atoms with Gasteiger partial charge in [0.05, 0.1) is 0 Å². The van der Waals surface area contributed by atoms with E-state index in [0.717, 1.165) is 18.0 Å². The molecule has 2 aromatic rings. The Morgan fingerprint density at radius 3 is 2.72 bits per heavy atom. The number of rotatable bonds is 0. The Hall–Kier alpha value is -2.09. The van der Waals surface area contributed by atoms with Gasteiger partial charge in [-0.3, -0.25) is 4.99 Å². The first kappa shape index (κ1) is 15.2. The number of aryl methyl sites for hydroxylation is 2. The number of aromatic nitrogens is 1. The number of fused-ring (bicyclic) bond motifs is 3. The van der Waals surface area contributed by atoms with Crippen molar-refractivity contribution in [2.24, 2.45) is 16.3 Å². The molecule has 2 unspecified atom stereocenters. The average molecular weight is 330 g/mol. The van der Waals surface area contributed by atoms with E-state index in [2.05, 4.69) is 56.5 Å². The van der Waals surface area contributed by atoms with Gasteiger partial charge in [0.15, 0.2) is 0 Å². The third kappa shape index (κ3) is 1.78. The molecule has 2 heterocycles. The topological polar surface area (TPSA) is 17.3 Å². The second-order valence-electron chi connectivity index (χ2n) is 8.29. The van der Waals surface area contributed by atoms with Crippen molar-refractivity contribution in [2.75, 3.05) is 7.05 Å². The quantitative estimate of drug-likeness (QED) is 0.651. The minimum Gasteiger partial charge on any atom is -0.326 e. The normalized spacial score (nSPS) is 27.8. The van der Waals surface area contributed by atoms with Crippen LogP contribution < -0.4 is 5.49 Å². The first-order chi connectivity index (χ1) is 12.0. The van der Waals surface area contributed by atoms with Crippen LogP contribution in [0.4, 0.5) is 0 Å². The molecule has 25 heavy (non-hydrogen) atoms. The van der Waals surface area contributed by atoms with Crippen LogP contribution in [0.3, 0.4) is 0 Å². The number of nitrogens with zero attached hydrogens (tertiary/aromatic N) is 2. The molecule has 1 aromatic carbocycles. The Morgan fingerprint density at radius 1 is 1.16 bits per heavy atom. The van der Waals surface area contributed by atoms with Crippen LogP contribution in [0.2, 0.25) is 0 Å². The van der Waals surface area contributed by atoms with Gasteiger partial charge in [-0.1, -0.05) is 29.4 Å². The summed E-state index contributed by atoms with van der Waals surface area (Å²) in [6, 6.07) is 6.94. The zero-order valence-corrected chi connectivity index (χ0v) is 15.9. The molecule has 1 aromatic heterocycles. The van der Waals surface area contributed by atoms with Crippen LogP contribution in [-0.2, 0) is 6.54 Å². The Balaban J connectivity index is 1.89. The van der Waals surface area contributed by atoms with Crippen molar-refractivity contribution in [3.8, 4) is 0 Å². The Bertz CT molecular complexity index is 1080. The molecule has 2 nitrogen and oxygen atoms in total. The maximum absolute atomic E-state index is 4.75. The molecule has 5 rings (SSSR count). The third-order valence-electron chi connectivity index (χ3n) is 7.22. The summed E-state index contributed by atoms with van der Waals surface area (Å²) in [7, 11) is 1.94. The van der Waals surface area contributed by atoms with Crippen molar-refractivity contribution >= 4 is 16.3 Å². The fourth-order valence-corrected chi connectivity index (χ4v) is 5.38. The fourth-order valence-electron chi connectivity index (χ4n) is 5.38. The smallest absolute Gasteiger partial charge is 0.136 e. The van der Waals surface area contributed by atoms with Crippen molar-refractivity contribution in [2.45, 2.75) is 47.1 Å². The Labute approximate surface area is 149 Å². The molecule has 2 heteroatoms. The number of hydrogen-bond acceptors (Lipinski definition) is 1. The Morgan fingerprint density at radius 2 is 1.96 bits per heavy atom. The van der Waals surface area contributed by atoms with Crippen LogP contribution >= 0.6 is 0 Å². The van der Waals surface area contributed by atoms with E-state index in [-0.39, 0.29) is 0 Å². The van der Waals surface area contributed by atoms with Gasteiger partial charge in [-0.25, -0.2) is 0 Å². The molecule has 0 amide bonds. The van der Waals surface area contributed by atoms with E-state index in [4.69, 9.17) is 4.99 Å². The Kier molecular flexibility index (Phi) is 2.89. The van der Waals surface area contributed by atoms with Gasteiger partial charge in [0, 0.05) is 30.1 Å². The zero-order valence-electron chi connectivity index (χ0n) is 15.9. The van der Waals surface area contributed by atoms with E-state index in [9.17, 15) is 0 Å². The van der Waals surface area contributed by atoms with Crippen molar-refractivity contribution in [3.63, 3.8) is 0 Å². The number of allylic oxidation sites excluding steroid dienone is 4. The van der Waals surface area contributed by atoms with Gasteiger partial charge in [-0.2, -0.15) is 0 Å². The van der Waals surface area contributed by atoms with Crippen LogP contribution in [-0.4, -0.2) is 11.6 Å². The molecule has 0 bridgehead atoms. The number of hydrogen-bond donors (Lipinski definition) is 0. The minimum absolute atomic E-state index is 0.419. The van der Waals surface area contributed by atoms with Crippen LogP contribution in [0.15, 0.2) is 40.4 Å². The second-order valence-corrected chi connectivity index (χ2v) is 8.29. The first-order valence-corrected chi connectivity index (χ1v) is 9.44.